The van der Waals surface area contributed by atoms with E-state index < -0.39 is 0 Å². The average molecular weight is 359 g/mol. The Labute approximate surface area is 155 Å². The van der Waals surface area contributed by atoms with Crippen LogP contribution < -0.4 is 14.8 Å². The maximum atomic E-state index is 12.0. The SMILES string of the molecule is O=C1NCCc2[nH]c(-c3ccnc(/C=C/c4cccc5c4OCO5)c3)cc21. The number of H-pyrrole nitrogens is 1. The molecular formula is C21H17N3O3. The van der Waals surface area contributed by atoms with Gasteiger partial charge in [0.05, 0.1) is 11.3 Å². The molecule has 2 aliphatic heterocycles. The molecule has 2 aromatic heterocycles. The van der Waals surface area contributed by atoms with Gasteiger partial charge in [0.15, 0.2) is 11.5 Å². The molecule has 2 aliphatic rings. The Morgan fingerprint density at radius 3 is 3.00 bits per heavy atom. The van der Waals surface area contributed by atoms with Gasteiger partial charge in [-0.05, 0) is 36.4 Å². The number of carbonyl (C=O) groups excluding carboxylic acids is 1. The second-order valence-corrected chi connectivity index (χ2v) is 6.46. The van der Waals surface area contributed by atoms with Crippen molar-refractivity contribution in [2.24, 2.45) is 0 Å². The summed E-state index contributed by atoms with van der Waals surface area (Å²) in [6, 6.07) is 11.6. The van der Waals surface area contributed by atoms with E-state index in [2.05, 4.69) is 15.3 Å². The monoisotopic (exact) mass is 359 g/mol. The first kappa shape index (κ1) is 15.7. The summed E-state index contributed by atoms with van der Waals surface area (Å²) < 4.78 is 10.9. The van der Waals surface area contributed by atoms with Gasteiger partial charge >= 0.3 is 0 Å². The summed E-state index contributed by atoms with van der Waals surface area (Å²) in [5.74, 6) is 1.50. The van der Waals surface area contributed by atoms with E-state index in [0.29, 0.717) is 6.54 Å². The molecule has 0 saturated heterocycles. The largest absolute Gasteiger partial charge is 0.454 e. The first-order chi connectivity index (χ1) is 13.3. The minimum atomic E-state index is -0.0203. The number of aromatic amines is 1. The molecule has 134 valence electrons. The summed E-state index contributed by atoms with van der Waals surface area (Å²) in [6.07, 6.45) is 6.49. The molecule has 2 N–H and O–H groups in total. The van der Waals surface area contributed by atoms with Crippen LogP contribution in [0.25, 0.3) is 23.4 Å². The molecule has 0 fully saturated rings. The van der Waals surface area contributed by atoms with E-state index in [4.69, 9.17) is 9.47 Å². The Morgan fingerprint density at radius 2 is 2.07 bits per heavy atom. The predicted molar refractivity (Wildman–Crippen MR) is 102 cm³/mol. The summed E-state index contributed by atoms with van der Waals surface area (Å²) >= 11 is 0. The molecule has 0 aliphatic carbocycles. The van der Waals surface area contributed by atoms with Gasteiger partial charge in [-0.2, -0.15) is 0 Å². The van der Waals surface area contributed by atoms with Crippen molar-refractivity contribution in [3.8, 4) is 22.8 Å². The van der Waals surface area contributed by atoms with Gasteiger partial charge in [-0.3, -0.25) is 9.78 Å². The molecule has 0 unspecified atom stereocenters. The van der Waals surface area contributed by atoms with Crippen LogP contribution in [0.1, 0.15) is 27.3 Å². The number of hydrogen-bond donors (Lipinski definition) is 2. The number of para-hydroxylation sites is 1. The highest BCUT2D eigenvalue weighted by Gasteiger charge is 2.20. The molecule has 0 atom stereocenters. The van der Waals surface area contributed by atoms with E-state index in [0.717, 1.165) is 51.7 Å². The summed E-state index contributed by atoms with van der Waals surface area (Å²) in [6.45, 7) is 0.919. The van der Waals surface area contributed by atoms with E-state index >= 15 is 0 Å². The standard InChI is InChI=1S/C21H17N3O3/c25-21-16-11-18(24-17(16)7-9-23-21)14-6-8-22-15(10-14)5-4-13-2-1-3-19-20(13)27-12-26-19/h1-6,8,10-11,24H,7,9,12H2,(H,23,25)/b5-4+. The normalized spacial score (nSPS) is 15.0. The molecule has 0 spiro atoms. The van der Waals surface area contributed by atoms with Crippen molar-refractivity contribution in [1.29, 1.82) is 0 Å². The Balaban J connectivity index is 1.45. The molecule has 6 nitrogen and oxygen atoms in total. The summed E-state index contributed by atoms with van der Waals surface area (Å²) in [4.78, 5) is 19.8. The van der Waals surface area contributed by atoms with Crippen molar-refractivity contribution in [3.63, 3.8) is 0 Å². The first-order valence-electron chi connectivity index (χ1n) is 8.81. The van der Waals surface area contributed by atoms with Crippen molar-refractivity contribution in [1.82, 2.24) is 15.3 Å². The lowest BCUT2D eigenvalue weighted by atomic mass is 10.1. The number of ether oxygens (including phenoxy) is 2. The Kier molecular flexibility index (Phi) is 3.67. The Bertz CT molecular complexity index is 1070. The Hall–Kier alpha value is -3.54. The van der Waals surface area contributed by atoms with Crippen molar-refractivity contribution < 1.29 is 14.3 Å². The number of fused-ring (bicyclic) bond motifs is 2. The van der Waals surface area contributed by atoms with Gasteiger partial charge in [0, 0.05) is 41.7 Å². The minimum Gasteiger partial charge on any atom is -0.454 e. The van der Waals surface area contributed by atoms with Crippen molar-refractivity contribution in [3.05, 3.63) is 65.1 Å². The van der Waals surface area contributed by atoms with Gasteiger partial charge in [0.25, 0.3) is 5.91 Å². The maximum absolute atomic E-state index is 12.0. The van der Waals surface area contributed by atoms with E-state index in [9.17, 15) is 4.79 Å². The number of benzene rings is 1. The smallest absolute Gasteiger partial charge is 0.253 e. The molecule has 0 bridgehead atoms. The summed E-state index contributed by atoms with van der Waals surface area (Å²) in [5.41, 5.74) is 5.39. The number of aromatic nitrogens is 2. The number of hydrogen-bond acceptors (Lipinski definition) is 4. The third-order valence-corrected chi connectivity index (χ3v) is 4.76. The lowest BCUT2D eigenvalue weighted by Crippen LogP contribution is -2.31. The molecule has 0 radical (unpaired) electrons. The number of pyridine rings is 1. The highest BCUT2D eigenvalue weighted by molar-refractivity contribution is 5.97. The van der Waals surface area contributed by atoms with Crippen LogP contribution in [0, 0.1) is 0 Å². The number of amides is 1. The van der Waals surface area contributed by atoms with Crippen molar-refractivity contribution in [2.75, 3.05) is 13.3 Å². The molecular weight excluding hydrogens is 342 g/mol. The molecule has 6 heteroatoms. The van der Waals surface area contributed by atoms with E-state index in [1.165, 1.54) is 0 Å². The molecule has 5 rings (SSSR count). The van der Waals surface area contributed by atoms with Gasteiger partial charge in [0.2, 0.25) is 6.79 Å². The van der Waals surface area contributed by atoms with E-state index in [-0.39, 0.29) is 12.7 Å². The fraction of sp³-hybridized carbons (Fsp3) is 0.143. The van der Waals surface area contributed by atoms with Crippen LogP contribution in [0.4, 0.5) is 0 Å². The van der Waals surface area contributed by atoms with E-state index in [1.807, 2.05) is 48.6 Å². The highest BCUT2D eigenvalue weighted by Crippen LogP contribution is 2.36. The van der Waals surface area contributed by atoms with Gasteiger partial charge in [-0.1, -0.05) is 12.1 Å². The fourth-order valence-electron chi connectivity index (χ4n) is 3.42. The number of nitrogens with zero attached hydrogens (tertiary/aromatic N) is 1. The first-order valence-corrected chi connectivity index (χ1v) is 8.81. The lowest BCUT2D eigenvalue weighted by molar-refractivity contribution is 0.0946. The second kappa shape index (κ2) is 6.32. The van der Waals surface area contributed by atoms with Crippen LogP contribution in [0.3, 0.4) is 0 Å². The van der Waals surface area contributed by atoms with Gasteiger partial charge in [-0.15, -0.1) is 0 Å². The zero-order chi connectivity index (χ0) is 18.2. The minimum absolute atomic E-state index is 0.0203. The molecule has 0 saturated carbocycles. The molecule has 3 aromatic rings. The molecule has 1 amide bonds. The van der Waals surface area contributed by atoms with Crippen LogP contribution in [-0.4, -0.2) is 29.2 Å². The van der Waals surface area contributed by atoms with Gasteiger partial charge < -0.3 is 19.8 Å². The Morgan fingerprint density at radius 1 is 1.11 bits per heavy atom. The average Bonchev–Trinajstić information content (AvgIpc) is 3.34. The summed E-state index contributed by atoms with van der Waals surface area (Å²) in [7, 11) is 0. The highest BCUT2D eigenvalue weighted by atomic mass is 16.7. The number of carbonyl (C=O) groups is 1. The topological polar surface area (TPSA) is 76.2 Å². The number of nitrogens with one attached hydrogen (secondary N) is 2. The third kappa shape index (κ3) is 2.85. The molecule has 27 heavy (non-hydrogen) atoms. The lowest BCUT2D eigenvalue weighted by Gasteiger charge is -2.10. The molecule has 4 heterocycles. The zero-order valence-electron chi connectivity index (χ0n) is 14.5. The predicted octanol–water partition coefficient (Wildman–Crippen LogP) is 3.26. The van der Waals surface area contributed by atoms with Crippen LogP contribution >= 0.6 is 0 Å². The summed E-state index contributed by atoms with van der Waals surface area (Å²) in [5, 5.41) is 2.87. The van der Waals surface area contributed by atoms with Crippen molar-refractivity contribution in [2.45, 2.75) is 6.42 Å². The third-order valence-electron chi connectivity index (χ3n) is 4.76. The van der Waals surface area contributed by atoms with Crippen LogP contribution in [0.2, 0.25) is 0 Å². The maximum Gasteiger partial charge on any atom is 0.253 e. The van der Waals surface area contributed by atoms with E-state index in [1.54, 1.807) is 6.20 Å². The fourth-order valence-corrected chi connectivity index (χ4v) is 3.42. The second-order valence-electron chi connectivity index (χ2n) is 6.46. The zero-order valence-corrected chi connectivity index (χ0v) is 14.5. The van der Waals surface area contributed by atoms with Gasteiger partial charge in [-0.25, -0.2) is 0 Å². The van der Waals surface area contributed by atoms with Crippen LogP contribution in [0.5, 0.6) is 11.5 Å². The van der Waals surface area contributed by atoms with Crippen LogP contribution in [-0.2, 0) is 6.42 Å². The van der Waals surface area contributed by atoms with Crippen molar-refractivity contribution >= 4 is 18.1 Å². The van der Waals surface area contributed by atoms with Gasteiger partial charge in [0.1, 0.15) is 0 Å². The quantitative estimate of drug-likeness (QED) is 0.753. The molecule has 1 aromatic carbocycles. The van der Waals surface area contributed by atoms with Crippen LogP contribution in [0.15, 0.2) is 42.6 Å². The number of rotatable bonds is 3.